The van der Waals surface area contributed by atoms with Crippen LogP contribution in [0.15, 0.2) is 34.9 Å². The zero-order chi connectivity index (χ0) is 12.3. The summed E-state index contributed by atoms with van der Waals surface area (Å²) in [6, 6.07) is 6.65. The van der Waals surface area contributed by atoms with Crippen molar-refractivity contribution in [3.8, 4) is 0 Å². The summed E-state index contributed by atoms with van der Waals surface area (Å²) in [6.45, 7) is 0.292. The Morgan fingerprint density at radius 2 is 2.35 bits per heavy atom. The molecule has 2 rings (SSSR count). The van der Waals surface area contributed by atoms with Gasteiger partial charge in [-0.15, -0.1) is 0 Å². The number of carboxylic acids is 1. The number of oxazole rings is 1. The summed E-state index contributed by atoms with van der Waals surface area (Å²) < 4.78 is 5.11. The Morgan fingerprint density at radius 1 is 1.53 bits per heavy atom. The van der Waals surface area contributed by atoms with Gasteiger partial charge in [0.15, 0.2) is 0 Å². The van der Waals surface area contributed by atoms with Crippen molar-refractivity contribution in [3.05, 3.63) is 41.8 Å². The van der Waals surface area contributed by atoms with Gasteiger partial charge in [0.05, 0.1) is 11.3 Å². The molecular weight excluding hydrogens is 222 g/mol. The Bertz CT molecular complexity index is 536. The van der Waals surface area contributed by atoms with E-state index in [9.17, 15) is 4.79 Å². The van der Waals surface area contributed by atoms with Crippen LogP contribution in [0.2, 0.25) is 0 Å². The molecule has 6 nitrogen and oxygen atoms in total. The first-order valence-electron chi connectivity index (χ1n) is 4.94. The highest BCUT2D eigenvalue weighted by atomic mass is 16.4. The fraction of sp³-hybridized carbons (Fsp3) is 0.0909. The van der Waals surface area contributed by atoms with Crippen molar-refractivity contribution in [1.82, 2.24) is 4.98 Å². The second kappa shape index (κ2) is 4.67. The third-order valence-electron chi connectivity index (χ3n) is 2.12. The Labute approximate surface area is 97.1 Å². The molecule has 0 atom stereocenters. The van der Waals surface area contributed by atoms with Crippen LogP contribution in [-0.2, 0) is 6.54 Å². The minimum absolute atomic E-state index is 0.195. The minimum atomic E-state index is -0.983. The lowest BCUT2D eigenvalue weighted by molar-refractivity contribution is 0.0697. The van der Waals surface area contributed by atoms with Gasteiger partial charge in [-0.05, 0) is 18.2 Å². The molecule has 0 aliphatic heterocycles. The Kier molecular flexibility index (Phi) is 3.06. The maximum atomic E-state index is 10.8. The van der Waals surface area contributed by atoms with Gasteiger partial charge in [-0.2, -0.15) is 4.98 Å². The molecule has 0 unspecified atom stereocenters. The van der Waals surface area contributed by atoms with E-state index in [1.165, 1.54) is 18.4 Å². The number of nitrogens with one attached hydrogen (secondary N) is 1. The summed E-state index contributed by atoms with van der Waals surface area (Å²) >= 11 is 0. The van der Waals surface area contributed by atoms with Gasteiger partial charge in [0, 0.05) is 12.2 Å². The topological polar surface area (TPSA) is 101 Å². The zero-order valence-corrected chi connectivity index (χ0v) is 8.88. The minimum Gasteiger partial charge on any atom is -0.478 e. The van der Waals surface area contributed by atoms with Crippen LogP contribution in [0.25, 0.3) is 0 Å². The molecule has 2 aromatic rings. The number of nitrogens with zero attached hydrogens (tertiary/aromatic N) is 1. The van der Waals surface area contributed by atoms with Gasteiger partial charge in [0.25, 0.3) is 6.01 Å². The van der Waals surface area contributed by atoms with E-state index in [1.54, 1.807) is 12.1 Å². The number of aromatic nitrogens is 1. The quantitative estimate of drug-likeness (QED) is 0.741. The molecule has 0 bridgehead atoms. The molecule has 4 N–H and O–H groups in total. The van der Waals surface area contributed by atoms with E-state index in [0.717, 1.165) is 0 Å². The number of anilines is 2. The molecule has 0 amide bonds. The van der Waals surface area contributed by atoms with E-state index < -0.39 is 5.97 Å². The molecule has 0 saturated heterocycles. The zero-order valence-electron chi connectivity index (χ0n) is 8.88. The van der Waals surface area contributed by atoms with E-state index in [-0.39, 0.29) is 11.6 Å². The predicted octanol–water partition coefficient (Wildman–Crippen LogP) is 1.58. The van der Waals surface area contributed by atoms with Gasteiger partial charge >= 0.3 is 5.97 Å². The molecule has 88 valence electrons. The normalized spacial score (nSPS) is 10.2. The van der Waals surface area contributed by atoms with E-state index in [4.69, 9.17) is 15.3 Å². The van der Waals surface area contributed by atoms with Gasteiger partial charge < -0.3 is 20.6 Å². The summed E-state index contributed by atoms with van der Waals surface area (Å²) in [7, 11) is 0. The molecule has 1 aromatic carbocycles. The molecule has 0 saturated carbocycles. The largest absolute Gasteiger partial charge is 0.478 e. The highest BCUT2D eigenvalue weighted by Gasteiger charge is 2.06. The Hall–Kier alpha value is -2.34. The molecule has 0 spiro atoms. The second-order valence-electron chi connectivity index (χ2n) is 3.36. The number of carbonyl (C=O) groups is 1. The van der Waals surface area contributed by atoms with Gasteiger partial charge in [-0.1, -0.05) is 6.07 Å². The van der Waals surface area contributed by atoms with Crippen LogP contribution < -0.4 is 11.1 Å². The van der Waals surface area contributed by atoms with Crippen molar-refractivity contribution in [2.75, 3.05) is 5.32 Å². The Balaban J connectivity index is 2.18. The number of nitrogens with two attached hydrogens (primary N) is 1. The number of benzene rings is 1. The SMILES string of the molecule is NCc1coc(Nc2cccc(C(=O)O)c2)n1. The summed E-state index contributed by atoms with van der Waals surface area (Å²) in [6.07, 6.45) is 1.45. The highest BCUT2D eigenvalue weighted by Crippen LogP contribution is 2.17. The highest BCUT2D eigenvalue weighted by molar-refractivity contribution is 5.88. The smallest absolute Gasteiger partial charge is 0.335 e. The molecular formula is C11H11N3O3. The first kappa shape index (κ1) is 11.2. The van der Waals surface area contributed by atoms with Crippen LogP contribution in [-0.4, -0.2) is 16.1 Å². The predicted molar refractivity (Wildman–Crippen MR) is 61.1 cm³/mol. The van der Waals surface area contributed by atoms with Crippen molar-refractivity contribution >= 4 is 17.7 Å². The Morgan fingerprint density at radius 3 is 3.00 bits per heavy atom. The van der Waals surface area contributed by atoms with Crippen LogP contribution in [0.5, 0.6) is 0 Å². The van der Waals surface area contributed by atoms with Crippen molar-refractivity contribution in [2.24, 2.45) is 5.73 Å². The van der Waals surface area contributed by atoms with E-state index >= 15 is 0 Å². The summed E-state index contributed by atoms with van der Waals surface area (Å²) in [5, 5.41) is 11.7. The molecule has 1 heterocycles. The molecule has 17 heavy (non-hydrogen) atoms. The first-order valence-corrected chi connectivity index (χ1v) is 4.94. The average molecular weight is 233 g/mol. The van der Waals surface area contributed by atoms with Crippen LogP contribution in [0.4, 0.5) is 11.7 Å². The second-order valence-corrected chi connectivity index (χ2v) is 3.36. The van der Waals surface area contributed by atoms with Crippen LogP contribution in [0, 0.1) is 0 Å². The lowest BCUT2D eigenvalue weighted by Gasteiger charge is -2.02. The van der Waals surface area contributed by atoms with E-state index in [2.05, 4.69) is 10.3 Å². The number of carboxylic acid groups (broad SMARTS) is 1. The third-order valence-corrected chi connectivity index (χ3v) is 2.12. The monoisotopic (exact) mass is 233 g/mol. The average Bonchev–Trinajstić information content (AvgIpc) is 2.77. The summed E-state index contributed by atoms with van der Waals surface area (Å²) in [5.41, 5.74) is 6.81. The van der Waals surface area contributed by atoms with Crippen molar-refractivity contribution in [3.63, 3.8) is 0 Å². The number of aromatic carboxylic acids is 1. The lowest BCUT2D eigenvalue weighted by atomic mass is 10.2. The van der Waals surface area contributed by atoms with Crippen LogP contribution in [0.3, 0.4) is 0 Å². The molecule has 1 aromatic heterocycles. The van der Waals surface area contributed by atoms with Crippen LogP contribution in [0.1, 0.15) is 16.1 Å². The van der Waals surface area contributed by atoms with Crippen molar-refractivity contribution in [1.29, 1.82) is 0 Å². The van der Waals surface area contributed by atoms with Gasteiger partial charge in [-0.25, -0.2) is 4.79 Å². The number of hydrogen-bond donors (Lipinski definition) is 3. The van der Waals surface area contributed by atoms with Gasteiger partial charge in [-0.3, -0.25) is 0 Å². The third kappa shape index (κ3) is 2.61. The molecule has 0 aliphatic rings. The lowest BCUT2D eigenvalue weighted by Crippen LogP contribution is -1.99. The van der Waals surface area contributed by atoms with Crippen molar-refractivity contribution < 1.29 is 14.3 Å². The van der Waals surface area contributed by atoms with E-state index in [1.807, 2.05) is 0 Å². The summed E-state index contributed by atoms with van der Waals surface area (Å²) in [4.78, 5) is 14.8. The maximum absolute atomic E-state index is 10.8. The fourth-order valence-corrected chi connectivity index (χ4v) is 1.31. The molecule has 0 fully saturated rings. The molecule has 0 radical (unpaired) electrons. The van der Waals surface area contributed by atoms with Crippen molar-refractivity contribution in [2.45, 2.75) is 6.54 Å². The number of hydrogen-bond acceptors (Lipinski definition) is 5. The number of rotatable bonds is 4. The standard InChI is InChI=1S/C11H11N3O3/c12-5-9-6-17-11(14-9)13-8-3-1-2-7(4-8)10(15)16/h1-4,6H,5,12H2,(H,13,14)(H,15,16). The van der Waals surface area contributed by atoms with Crippen LogP contribution >= 0.6 is 0 Å². The van der Waals surface area contributed by atoms with Gasteiger partial charge in [0.1, 0.15) is 6.26 Å². The maximum Gasteiger partial charge on any atom is 0.335 e. The molecule has 6 heteroatoms. The fourth-order valence-electron chi connectivity index (χ4n) is 1.31. The molecule has 0 aliphatic carbocycles. The van der Waals surface area contributed by atoms with E-state index in [0.29, 0.717) is 17.9 Å². The first-order chi connectivity index (χ1) is 8.19. The van der Waals surface area contributed by atoms with Gasteiger partial charge in [0.2, 0.25) is 0 Å². The summed E-state index contributed by atoms with van der Waals surface area (Å²) in [5.74, 6) is -0.983.